The maximum atomic E-state index is 12.3. The number of rotatable bonds is 8. The minimum atomic E-state index is -3.87. The number of nitrogens with one attached hydrogen (secondary N) is 1. The van der Waals surface area contributed by atoms with Crippen LogP contribution in [0.1, 0.15) is 0 Å². The summed E-state index contributed by atoms with van der Waals surface area (Å²) >= 11 is 2.51. The highest BCUT2D eigenvalue weighted by atomic mass is 32.2. The van der Waals surface area contributed by atoms with E-state index in [-0.39, 0.29) is 17.2 Å². The van der Waals surface area contributed by atoms with Crippen molar-refractivity contribution in [3.05, 3.63) is 41.8 Å². The highest BCUT2D eigenvalue weighted by Crippen LogP contribution is 2.27. The van der Waals surface area contributed by atoms with Crippen LogP contribution in [0, 0.1) is 0 Å². The first-order valence-electron chi connectivity index (χ1n) is 8.05. The van der Waals surface area contributed by atoms with Crippen LogP contribution in [0.5, 0.6) is 0 Å². The first-order valence-corrected chi connectivity index (χ1v) is 11.5. The molecule has 29 heavy (non-hydrogen) atoms. The molecule has 2 heterocycles. The fourth-order valence-electron chi connectivity index (χ4n) is 2.36. The van der Waals surface area contributed by atoms with E-state index in [9.17, 15) is 18.0 Å². The van der Waals surface area contributed by atoms with Gasteiger partial charge in [-0.3, -0.25) is 14.2 Å². The maximum Gasteiger partial charge on any atom is 0.238 e. The molecule has 0 atom stereocenters. The molecule has 3 rings (SSSR count). The van der Waals surface area contributed by atoms with Gasteiger partial charge in [-0.1, -0.05) is 23.9 Å². The Kier molecular flexibility index (Phi) is 6.32. The molecular formula is C16H16N6O4S3. The van der Waals surface area contributed by atoms with E-state index in [0.29, 0.717) is 16.7 Å². The van der Waals surface area contributed by atoms with Gasteiger partial charge in [0.05, 0.1) is 15.5 Å². The molecule has 2 aromatic heterocycles. The standard InChI is InChI=1S/C16H16N6O4S3/c17-13(23)8-22-15(12-5-2-6-27-12)20-21-16(22)28-9-14(24)19-10-3-1-4-11(7-10)29(18,25)26/h1-7H,8-9H2,(H2,17,23)(H,19,24)(H2,18,25,26). The van der Waals surface area contributed by atoms with Crippen LogP contribution >= 0.6 is 23.1 Å². The lowest BCUT2D eigenvalue weighted by molar-refractivity contribution is -0.118. The molecule has 3 aromatic rings. The largest absolute Gasteiger partial charge is 0.368 e. The second kappa shape index (κ2) is 8.73. The first kappa shape index (κ1) is 21.0. The summed E-state index contributed by atoms with van der Waals surface area (Å²) in [6, 6.07) is 9.30. The van der Waals surface area contributed by atoms with Crippen molar-refractivity contribution >= 4 is 50.6 Å². The molecule has 0 bridgehead atoms. The third-order valence-electron chi connectivity index (χ3n) is 3.55. The Morgan fingerprint density at radius 3 is 2.66 bits per heavy atom. The number of carbonyl (C=O) groups excluding carboxylic acids is 2. The molecule has 0 unspecified atom stereocenters. The molecule has 5 N–H and O–H groups in total. The Morgan fingerprint density at radius 1 is 1.21 bits per heavy atom. The number of nitrogens with zero attached hydrogens (tertiary/aromatic N) is 3. The van der Waals surface area contributed by atoms with Crippen molar-refractivity contribution in [2.24, 2.45) is 10.9 Å². The molecule has 0 spiro atoms. The summed E-state index contributed by atoms with van der Waals surface area (Å²) < 4.78 is 24.4. The molecule has 0 saturated carbocycles. The van der Waals surface area contributed by atoms with Crippen molar-refractivity contribution in [3.63, 3.8) is 0 Å². The van der Waals surface area contributed by atoms with Crippen molar-refractivity contribution in [1.29, 1.82) is 0 Å². The van der Waals surface area contributed by atoms with E-state index in [1.54, 1.807) is 10.6 Å². The Labute approximate surface area is 174 Å². The fourth-order valence-corrected chi connectivity index (χ4v) is 4.37. The lowest BCUT2D eigenvalue weighted by Gasteiger charge is -2.08. The summed E-state index contributed by atoms with van der Waals surface area (Å²) in [5, 5.41) is 18.1. The molecule has 0 radical (unpaired) electrons. The number of primary sulfonamides is 1. The predicted octanol–water partition coefficient (Wildman–Crippen LogP) is 0.870. The van der Waals surface area contributed by atoms with E-state index in [4.69, 9.17) is 10.9 Å². The van der Waals surface area contributed by atoms with E-state index in [1.165, 1.54) is 29.5 Å². The summed E-state index contributed by atoms with van der Waals surface area (Å²) in [5.41, 5.74) is 5.61. The minimum absolute atomic E-state index is 0.0407. The first-order chi connectivity index (χ1) is 13.7. The molecular weight excluding hydrogens is 436 g/mol. The molecule has 1 aromatic carbocycles. The van der Waals surface area contributed by atoms with Gasteiger partial charge >= 0.3 is 0 Å². The summed E-state index contributed by atoms with van der Waals surface area (Å²) in [7, 11) is -3.87. The smallest absolute Gasteiger partial charge is 0.238 e. The molecule has 0 aliphatic carbocycles. The third-order valence-corrected chi connectivity index (χ3v) is 6.29. The number of benzene rings is 1. The number of amides is 2. The quantitative estimate of drug-likeness (QED) is 0.427. The number of thiophene rings is 1. The highest BCUT2D eigenvalue weighted by Gasteiger charge is 2.18. The lowest BCUT2D eigenvalue weighted by atomic mass is 10.3. The Bertz CT molecular complexity index is 1140. The molecule has 0 fully saturated rings. The van der Waals surface area contributed by atoms with Crippen molar-refractivity contribution < 1.29 is 18.0 Å². The molecule has 13 heteroatoms. The molecule has 2 amide bonds. The number of hydrogen-bond donors (Lipinski definition) is 3. The van der Waals surface area contributed by atoms with Gasteiger partial charge in [0.2, 0.25) is 21.8 Å². The van der Waals surface area contributed by atoms with Crippen molar-refractivity contribution in [3.8, 4) is 10.7 Å². The van der Waals surface area contributed by atoms with Crippen LogP contribution in [-0.2, 0) is 26.2 Å². The summed E-state index contributed by atoms with van der Waals surface area (Å²) in [6.07, 6.45) is 0. The van der Waals surface area contributed by atoms with Gasteiger partial charge in [0.25, 0.3) is 0 Å². The minimum Gasteiger partial charge on any atom is -0.368 e. The Morgan fingerprint density at radius 2 is 2.00 bits per heavy atom. The molecule has 0 aliphatic rings. The van der Waals surface area contributed by atoms with Crippen LogP contribution in [0.2, 0.25) is 0 Å². The number of anilines is 1. The maximum absolute atomic E-state index is 12.3. The topological polar surface area (TPSA) is 163 Å². The zero-order chi connectivity index (χ0) is 21.0. The second-order valence-electron chi connectivity index (χ2n) is 5.75. The van der Waals surface area contributed by atoms with Gasteiger partial charge in [0.1, 0.15) is 6.54 Å². The predicted molar refractivity (Wildman–Crippen MR) is 110 cm³/mol. The number of thioether (sulfide) groups is 1. The van der Waals surface area contributed by atoms with Crippen molar-refractivity contribution in [2.45, 2.75) is 16.6 Å². The van der Waals surface area contributed by atoms with Gasteiger partial charge in [-0.15, -0.1) is 21.5 Å². The van der Waals surface area contributed by atoms with E-state index in [2.05, 4.69) is 15.5 Å². The zero-order valence-electron chi connectivity index (χ0n) is 14.8. The number of carbonyl (C=O) groups is 2. The second-order valence-corrected chi connectivity index (χ2v) is 9.20. The number of primary amides is 1. The monoisotopic (exact) mass is 452 g/mol. The number of hydrogen-bond acceptors (Lipinski definition) is 8. The summed E-state index contributed by atoms with van der Waals surface area (Å²) in [6.45, 7) is -0.124. The van der Waals surface area contributed by atoms with Crippen LogP contribution in [0.3, 0.4) is 0 Å². The van der Waals surface area contributed by atoms with Crippen LogP contribution in [-0.4, -0.2) is 40.7 Å². The van der Waals surface area contributed by atoms with Gasteiger partial charge in [0.15, 0.2) is 11.0 Å². The van der Waals surface area contributed by atoms with Crippen molar-refractivity contribution in [2.75, 3.05) is 11.1 Å². The van der Waals surface area contributed by atoms with E-state index in [0.717, 1.165) is 16.6 Å². The highest BCUT2D eigenvalue weighted by molar-refractivity contribution is 7.99. The molecule has 0 saturated heterocycles. The summed E-state index contributed by atoms with van der Waals surface area (Å²) in [5.74, 6) is -0.509. The van der Waals surface area contributed by atoms with Crippen LogP contribution in [0.25, 0.3) is 10.7 Å². The van der Waals surface area contributed by atoms with Crippen LogP contribution in [0.15, 0.2) is 51.8 Å². The molecule has 0 aliphatic heterocycles. The number of aromatic nitrogens is 3. The van der Waals surface area contributed by atoms with Crippen LogP contribution in [0.4, 0.5) is 5.69 Å². The zero-order valence-corrected chi connectivity index (χ0v) is 17.3. The number of sulfonamides is 1. The van der Waals surface area contributed by atoms with Gasteiger partial charge < -0.3 is 11.1 Å². The van der Waals surface area contributed by atoms with Crippen LogP contribution < -0.4 is 16.2 Å². The van der Waals surface area contributed by atoms with E-state index in [1.807, 2.05) is 17.5 Å². The average Bonchev–Trinajstić information content (AvgIpc) is 3.29. The Balaban J connectivity index is 1.71. The fraction of sp³-hybridized carbons (Fsp3) is 0.125. The Hall–Kier alpha value is -2.74. The SMILES string of the molecule is NC(=O)Cn1c(SCC(=O)Nc2cccc(S(N)(=O)=O)c2)nnc1-c1cccs1. The van der Waals surface area contributed by atoms with Crippen molar-refractivity contribution in [1.82, 2.24) is 14.8 Å². The van der Waals surface area contributed by atoms with Gasteiger partial charge in [0, 0.05) is 5.69 Å². The molecule has 10 nitrogen and oxygen atoms in total. The third kappa shape index (κ3) is 5.41. The average molecular weight is 453 g/mol. The van der Waals surface area contributed by atoms with Gasteiger partial charge in [-0.2, -0.15) is 0 Å². The normalized spacial score (nSPS) is 11.3. The van der Waals surface area contributed by atoms with E-state index >= 15 is 0 Å². The van der Waals surface area contributed by atoms with Gasteiger partial charge in [-0.05, 0) is 29.6 Å². The molecule has 152 valence electrons. The summed E-state index contributed by atoms with van der Waals surface area (Å²) in [4.78, 5) is 24.4. The number of nitrogens with two attached hydrogens (primary N) is 2. The lowest BCUT2D eigenvalue weighted by Crippen LogP contribution is -2.20. The van der Waals surface area contributed by atoms with Gasteiger partial charge in [-0.25, -0.2) is 13.6 Å². The van der Waals surface area contributed by atoms with E-state index < -0.39 is 21.8 Å².